The van der Waals surface area contributed by atoms with Gasteiger partial charge in [0, 0.05) is 9.90 Å². The second kappa shape index (κ2) is 6.61. The molecule has 2 nitrogen and oxygen atoms in total. The molecule has 0 aliphatic heterocycles. The summed E-state index contributed by atoms with van der Waals surface area (Å²) in [6.45, 7) is 4.16. The Morgan fingerprint density at radius 1 is 1.25 bits per heavy atom. The molecule has 0 aliphatic carbocycles. The number of hydrogen-bond donors (Lipinski definition) is 1. The van der Waals surface area contributed by atoms with Gasteiger partial charge in [0.15, 0.2) is 0 Å². The molecule has 5 heteroatoms. The van der Waals surface area contributed by atoms with Gasteiger partial charge in [-0.2, -0.15) is 0 Å². The van der Waals surface area contributed by atoms with Gasteiger partial charge in [-0.3, -0.25) is 4.79 Å². The maximum absolute atomic E-state index is 12.4. The summed E-state index contributed by atoms with van der Waals surface area (Å²) in [5.41, 5.74) is 0.443. The Labute approximate surface area is 132 Å². The van der Waals surface area contributed by atoms with Crippen molar-refractivity contribution in [2.24, 2.45) is 5.92 Å². The van der Waals surface area contributed by atoms with Crippen LogP contribution in [0.15, 0.2) is 35.7 Å². The van der Waals surface area contributed by atoms with Crippen molar-refractivity contribution in [3.8, 4) is 0 Å². The van der Waals surface area contributed by atoms with E-state index in [4.69, 9.17) is 23.2 Å². The number of rotatable bonds is 4. The predicted molar refractivity (Wildman–Crippen MR) is 85.8 cm³/mol. The van der Waals surface area contributed by atoms with E-state index in [2.05, 4.69) is 19.2 Å². The molecule has 2 aromatic rings. The molecule has 0 radical (unpaired) electrons. The molecule has 1 aromatic carbocycles. The zero-order valence-corrected chi connectivity index (χ0v) is 13.5. The second-order valence-corrected chi connectivity index (χ2v) is 6.66. The average molecular weight is 328 g/mol. The normalized spacial score (nSPS) is 12.4. The summed E-state index contributed by atoms with van der Waals surface area (Å²) in [4.78, 5) is 13.5. The first kappa shape index (κ1) is 15.4. The highest BCUT2D eigenvalue weighted by atomic mass is 35.5. The lowest BCUT2D eigenvalue weighted by molar-refractivity contribution is 0.0926. The first-order valence-corrected chi connectivity index (χ1v) is 7.92. The van der Waals surface area contributed by atoms with Gasteiger partial charge in [-0.1, -0.05) is 43.1 Å². The van der Waals surface area contributed by atoms with Crippen molar-refractivity contribution in [1.82, 2.24) is 5.32 Å². The van der Waals surface area contributed by atoms with E-state index in [-0.39, 0.29) is 11.9 Å². The second-order valence-electron chi connectivity index (χ2n) is 4.83. The number of carbonyl (C=O) groups is 1. The fraction of sp³-hybridized carbons (Fsp3) is 0.267. The fourth-order valence-electron chi connectivity index (χ4n) is 1.93. The molecular formula is C15H15Cl2NOS. The van der Waals surface area contributed by atoms with Crippen molar-refractivity contribution in [2.45, 2.75) is 19.9 Å². The number of halogens is 2. The van der Waals surface area contributed by atoms with Gasteiger partial charge in [0.1, 0.15) is 0 Å². The van der Waals surface area contributed by atoms with E-state index in [1.54, 1.807) is 29.5 Å². The van der Waals surface area contributed by atoms with Crippen LogP contribution in [0.3, 0.4) is 0 Å². The zero-order chi connectivity index (χ0) is 14.7. The van der Waals surface area contributed by atoms with Crippen LogP contribution in [0.1, 0.15) is 35.1 Å². The molecule has 0 bridgehead atoms. The molecule has 0 saturated carbocycles. The lowest BCUT2D eigenvalue weighted by atomic mass is 10.0. The third-order valence-corrected chi connectivity index (χ3v) is 4.48. The van der Waals surface area contributed by atoms with Gasteiger partial charge in [0.05, 0.1) is 16.6 Å². The van der Waals surface area contributed by atoms with Gasteiger partial charge in [-0.25, -0.2) is 0 Å². The highest BCUT2D eigenvalue weighted by Crippen LogP contribution is 2.27. The van der Waals surface area contributed by atoms with Crippen molar-refractivity contribution < 1.29 is 4.79 Å². The molecule has 0 aliphatic rings. The van der Waals surface area contributed by atoms with Crippen LogP contribution < -0.4 is 5.32 Å². The molecule has 0 fully saturated rings. The first-order chi connectivity index (χ1) is 9.49. The summed E-state index contributed by atoms with van der Waals surface area (Å²) in [7, 11) is 0. The third kappa shape index (κ3) is 3.54. The van der Waals surface area contributed by atoms with Gasteiger partial charge < -0.3 is 5.32 Å². The number of thiophene rings is 1. The minimum atomic E-state index is -0.182. The van der Waals surface area contributed by atoms with E-state index in [1.165, 1.54) is 0 Å². The van der Waals surface area contributed by atoms with Crippen LogP contribution in [0.25, 0.3) is 0 Å². The van der Waals surface area contributed by atoms with Crippen LogP contribution in [-0.2, 0) is 0 Å². The highest BCUT2D eigenvalue weighted by Gasteiger charge is 2.21. The lowest BCUT2D eigenvalue weighted by Crippen LogP contribution is -2.31. The Morgan fingerprint density at radius 2 is 2.00 bits per heavy atom. The van der Waals surface area contributed by atoms with Crippen molar-refractivity contribution in [3.63, 3.8) is 0 Å². The highest BCUT2D eigenvalue weighted by molar-refractivity contribution is 7.10. The Kier molecular flexibility index (Phi) is 5.08. The van der Waals surface area contributed by atoms with Crippen LogP contribution >= 0.6 is 34.5 Å². The van der Waals surface area contributed by atoms with Crippen molar-refractivity contribution in [1.29, 1.82) is 0 Å². The maximum Gasteiger partial charge on any atom is 0.253 e. The van der Waals surface area contributed by atoms with Crippen molar-refractivity contribution in [3.05, 3.63) is 56.2 Å². The van der Waals surface area contributed by atoms with Gasteiger partial charge in [-0.05, 0) is 35.6 Å². The summed E-state index contributed by atoms with van der Waals surface area (Å²) in [5, 5.41) is 5.93. The Balaban J connectivity index is 2.21. The largest absolute Gasteiger partial charge is 0.344 e. The van der Waals surface area contributed by atoms with Crippen molar-refractivity contribution in [2.75, 3.05) is 0 Å². The number of benzene rings is 1. The molecule has 0 unspecified atom stereocenters. The monoisotopic (exact) mass is 327 g/mol. The number of nitrogens with one attached hydrogen (secondary N) is 1. The molecule has 0 spiro atoms. The molecule has 1 amide bonds. The maximum atomic E-state index is 12.4. The minimum absolute atomic E-state index is 0.0192. The molecule has 1 N–H and O–H groups in total. The molecule has 1 aromatic heterocycles. The summed E-state index contributed by atoms with van der Waals surface area (Å²) >= 11 is 13.5. The molecular weight excluding hydrogens is 313 g/mol. The van der Waals surface area contributed by atoms with Crippen LogP contribution in [0.5, 0.6) is 0 Å². The number of hydrogen-bond acceptors (Lipinski definition) is 2. The Hall–Kier alpha value is -1.03. The Bertz CT molecular complexity index is 596. The van der Waals surface area contributed by atoms with Gasteiger partial charge in [-0.15, -0.1) is 11.3 Å². The van der Waals surface area contributed by atoms with E-state index in [0.717, 1.165) is 4.88 Å². The van der Waals surface area contributed by atoms with Crippen LogP contribution in [-0.4, -0.2) is 5.91 Å². The molecule has 106 valence electrons. The number of amides is 1. The molecule has 1 atom stereocenters. The molecule has 2 rings (SSSR count). The van der Waals surface area contributed by atoms with E-state index in [1.807, 2.05) is 17.5 Å². The van der Waals surface area contributed by atoms with E-state index < -0.39 is 0 Å². The van der Waals surface area contributed by atoms with Gasteiger partial charge in [0.25, 0.3) is 5.91 Å². The van der Waals surface area contributed by atoms with Gasteiger partial charge in [0.2, 0.25) is 0 Å². The quantitative estimate of drug-likeness (QED) is 0.823. The standard InChI is InChI=1S/C15H15Cl2NOS/c1-9(2)14(13-4-3-7-20-13)18-15(19)11-6-5-10(16)8-12(11)17/h3-9,14H,1-2H3,(H,18,19)/t14-/m0/s1. The molecule has 0 saturated heterocycles. The molecule has 1 heterocycles. The van der Waals surface area contributed by atoms with E-state index in [9.17, 15) is 4.79 Å². The smallest absolute Gasteiger partial charge is 0.253 e. The SMILES string of the molecule is CC(C)[C@H](NC(=O)c1ccc(Cl)cc1Cl)c1cccs1. The summed E-state index contributed by atoms with van der Waals surface area (Å²) in [6.07, 6.45) is 0. The van der Waals surface area contributed by atoms with Crippen LogP contribution in [0.4, 0.5) is 0 Å². The van der Waals surface area contributed by atoms with E-state index in [0.29, 0.717) is 21.5 Å². The first-order valence-electron chi connectivity index (χ1n) is 6.28. The van der Waals surface area contributed by atoms with Gasteiger partial charge >= 0.3 is 0 Å². The van der Waals surface area contributed by atoms with Crippen LogP contribution in [0, 0.1) is 5.92 Å². The lowest BCUT2D eigenvalue weighted by Gasteiger charge is -2.21. The fourth-order valence-corrected chi connectivity index (χ4v) is 3.37. The average Bonchev–Trinajstić information content (AvgIpc) is 2.88. The third-order valence-electron chi connectivity index (χ3n) is 2.98. The molecule has 20 heavy (non-hydrogen) atoms. The zero-order valence-electron chi connectivity index (χ0n) is 11.2. The van der Waals surface area contributed by atoms with Crippen LogP contribution in [0.2, 0.25) is 10.0 Å². The summed E-state index contributed by atoms with van der Waals surface area (Å²) in [6, 6.07) is 8.88. The van der Waals surface area contributed by atoms with Crippen molar-refractivity contribution >= 4 is 40.4 Å². The number of carbonyl (C=O) groups excluding carboxylic acids is 1. The topological polar surface area (TPSA) is 29.1 Å². The summed E-state index contributed by atoms with van der Waals surface area (Å²) < 4.78 is 0. The summed E-state index contributed by atoms with van der Waals surface area (Å²) in [5.74, 6) is 0.113. The van der Waals surface area contributed by atoms with E-state index >= 15 is 0 Å². The Morgan fingerprint density at radius 3 is 2.55 bits per heavy atom. The minimum Gasteiger partial charge on any atom is -0.344 e. The predicted octanol–water partition coefficient (Wildman–Crippen LogP) is 5.18.